The van der Waals surface area contributed by atoms with Gasteiger partial charge in [-0.25, -0.2) is 5.01 Å². The van der Waals surface area contributed by atoms with E-state index < -0.39 is 11.8 Å². The van der Waals surface area contributed by atoms with E-state index in [0.717, 1.165) is 9.37 Å². The molecule has 0 saturated carbocycles. The quantitative estimate of drug-likeness (QED) is 0.446. The van der Waals surface area contributed by atoms with Gasteiger partial charge in [0.1, 0.15) is 11.3 Å². The van der Waals surface area contributed by atoms with Crippen molar-refractivity contribution in [2.24, 2.45) is 0 Å². The third kappa shape index (κ3) is 3.76. The van der Waals surface area contributed by atoms with Crippen LogP contribution in [0.5, 0.6) is 0 Å². The number of hydrogen-bond acceptors (Lipinski definition) is 4. The molecular weight excluding hydrogens is 440 g/mol. The molecule has 0 aliphatic carbocycles. The summed E-state index contributed by atoms with van der Waals surface area (Å²) in [5.74, 6) is -0.458. The summed E-state index contributed by atoms with van der Waals surface area (Å²) in [5, 5.41) is 1.88. The minimum Gasteiger partial charge on any atom is -0.449 e. The summed E-state index contributed by atoms with van der Waals surface area (Å²) in [6.45, 7) is 2.03. The highest BCUT2D eigenvalue weighted by Crippen LogP contribution is 2.37. The standard InChI is InChI=1S/C21H15BrN2O3S/c1-13-7-9-16(10-8-13)28-21-18(22)12-15(27-21)11-17-19(25)23-24(20(17)26)14-5-3-2-4-6-14/h2-12H,1H3,(H,23,25)/b17-11-. The number of benzene rings is 2. The fourth-order valence-corrected chi connectivity index (χ4v) is 4.01. The number of hydrazine groups is 1. The van der Waals surface area contributed by atoms with E-state index in [1.54, 1.807) is 30.3 Å². The molecule has 2 amide bonds. The van der Waals surface area contributed by atoms with E-state index in [-0.39, 0.29) is 5.57 Å². The number of rotatable bonds is 4. The number of anilines is 1. The first-order valence-corrected chi connectivity index (χ1v) is 10.1. The highest BCUT2D eigenvalue weighted by molar-refractivity contribution is 9.10. The molecule has 1 aliphatic rings. The third-order valence-corrected chi connectivity index (χ3v) is 5.95. The van der Waals surface area contributed by atoms with Crippen molar-refractivity contribution in [1.82, 2.24) is 5.43 Å². The maximum absolute atomic E-state index is 12.7. The molecule has 2 heterocycles. The largest absolute Gasteiger partial charge is 0.449 e. The summed E-state index contributed by atoms with van der Waals surface area (Å²) in [7, 11) is 0. The number of aryl methyl sites for hydroxylation is 1. The first-order chi connectivity index (χ1) is 13.5. The van der Waals surface area contributed by atoms with Gasteiger partial charge >= 0.3 is 0 Å². The van der Waals surface area contributed by atoms with Crippen LogP contribution in [0.2, 0.25) is 0 Å². The van der Waals surface area contributed by atoms with E-state index in [0.29, 0.717) is 16.5 Å². The average Bonchev–Trinajstić information content (AvgIpc) is 3.18. The molecule has 1 fully saturated rings. The minimum absolute atomic E-state index is 0.0250. The van der Waals surface area contributed by atoms with Crippen molar-refractivity contribution in [2.45, 2.75) is 16.9 Å². The van der Waals surface area contributed by atoms with Crippen LogP contribution in [0.25, 0.3) is 6.08 Å². The summed E-state index contributed by atoms with van der Waals surface area (Å²) in [5.41, 5.74) is 4.38. The Morgan fingerprint density at radius 2 is 1.79 bits per heavy atom. The van der Waals surface area contributed by atoms with Crippen LogP contribution in [0.4, 0.5) is 5.69 Å². The maximum atomic E-state index is 12.7. The Hall–Kier alpha value is -2.77. The van der Waals surface area contributed by atoms with Gasteiger partial charge in [0.25, 0.3) is 11.8 Å². The Bertz CT molecular complexity index is 1070. The number of para-hydroxylation sites is 1. The van der Waals surface area contributed by atoms with E-state index in [4.69, 9.17) is 4.42 Å². The van der Waals surface area contributed by atoms with Gasteiger partial charge in [-0.3, -0.25) is 15.0 Å². The van der Waals surface area contributed by atoms with Crippen molar-refractivity contribution in [3.05, 3.63) is 82.0 Å². The molecule has 0 bridgehead atoms. The molecule has 1 aliphatic heterocycles. The number of carbonyl (C=O) groups excluding carboxylic acids is 2. The van der Waals surface area contributed by atoms with Crippen LogP contribution in [-0.4, -0.2) is 11.8 Å². The Morgan fingerprint density at radius 3 is 2.50 bits per heavy atom. The van der Waals surface area contributed by atoms with Crippen LogP contribution in [0, 0.1) is 6.92 Å². The van der Waals surface area contributed by atoms with Gasteiger partial charge in [0, 0.05) is 4.90 Å². The first kappa shape index (κ1) is 18.6. The van der Waals surface area contributed by atoms with Gasteiger partial charge in [-0.1, -0.05) is 47.7 Å². The van der Waals surface area contributed by atoms with Crippen molar-refractivity contribution in [3.8, 4) is 0 Å². The molecule has 1 saturated heterocycles. The molecule has 140 valence electrons. The number of hydrogen-bond donors (Lipinski definition) is 1. The third-order valence-electron chi connectivity index (χ3n) is 4.10. The van der Waals surface area contributed by atoms with E-state index in [2.05, 4.69) is 21.4 Å². The van der Waals surface area contributed by atoms with Crippen molar-refractivity contribution >= 4 is 51.3 Å². The second-order valence-corrected chi connectivity index (χ2v) is 8.07. The highest BCUT2D eigenvalue weighted by atomic mass is 79.9. The Labute approximate surface area is 174 Å². The van der Waals surface area contributed by atoms with Crippen molar-refractivity contribution in [3.63, 3.8) is 0 Å². The lowest BCUT2D eigenvalue weighted by atomic mass is 10.2. The van der Waals surface area contributed by atoms with E-state index in [1.165, 1.54) is 28.4 Å². The lowest BCUT2D eigenvalue weighted by Gasteiger charge is -2.13. The molecule has 4 rings (SSSR count). The highest BCUT2D eigenvalue weighted by Gasteiger charge is 2.34. The number of nitrogens with zero attached hydrogens (tertiary/aromatic N) is 1. The summed E-state index contributed by atoms with van der Waals surface area (Å²) >= 11 is 4.94. The van der Waals surface area contributed by atoms with Crippen LogP contribution in [0.15, 0.2) is 85.1 Å². The second kappa shape index (κ2) is 7.69. The van der Waals surface area contributed by atoms with Gasteiger partial charge in [0.2, 0.25) is 0 Å². The Morgan fingerprint density at radius 1 is 1.07 bits per heavy atom. The SMILES string of the molecule is Cc1ccc(Sc2oc(/C=C3/C(=O)NN(c4ccccc4)C3=O)cc2Br)cc1. The molecule has 1 N–H and O–H groups in total. The van der Waals surface area contributed by atoms with Crippen molar-refractivity contribution in [1.29, 1.82) is 0 Å². The predicted octanol–water partition coefficient (Wildman–Crippen LogP) is 4.96. The number of halogens is 1. The summed E-state index contributed by atoms with van der Waals surface area (Å²) in [4.78, 5) is 26.0. The minimum atomic E-state index is -0.464. The van der Waals surface area contributed by atoms with Gasteiger partial charge in [-0.2, -0.15) is 0 Å². The van der Waals surface area contributed by atoms with Crippen LogP contribution in [-0.2, 0) is 9.59 Å². The zero-order valence-corrected chi connectivity index (χ0v) is 17.2. The van der Waals surface area contributed by atoms with Gasteiger partial charge < -0.3 is 4.42 Å². The molecule has 1 aromatic heterocycles. The molecule has 0 spiro atoms. The lowest BCUT2D eigenvalue weighted by molar-refractivity contribution is -0.117. The van der Waals surface area contributed by atoms with Gasteiger partial charge in [0.05, 0.1) is 10.2 Å². The Kier molecular flexibility index (Phi) is 5.11. The van der Waals surface area contributed by atoms with Gasteiger partial charge in [-0.05, 0) is 59.3 Å². The molecule has 2 aromatic carbocycles. The molecule has 28 heavy (non-hydrogen) atoms. The number of carbonyl (C=O) groups is 2. The van der Waals surface area contributed by atoms with Crippen LogP contribution >= 0.6 is 27.7 Å². The molecular formula is C21H15BrN2O3S. The van der Waals surface area contributed by atoms with E-state index in [1.807, 2.05) is 37.3 Å². The monoisotopic (exact) mass is 454 g/mol. The first-order valence-electron chi connectivity index (χ1n) is 8.47. The van der Waals surface area contributed by atoms with Crippen LogP contribution in [0.3, 0.4) is 0 Å². The average molecular weight is 455 g/mol. The maximum Gasteiger partial charge on any atom is 0.282 e. The molecule has 0 atom stereocenters. The van der Waals surface area contributed by atoms with Gasteiger partial charge in [0.15, 0.2) is 5.09 Å². The zero-order chi connectivity index (χ0) is 19.7. The number of nitrogens with one attached hydrogen (secondary N) is 1. The van der Waals surface area contributed by atoms with E-state index in [9.17, 15) is 9.59 Å². The van der Waals surface area contributed by atoms with Crippen LogP contribution < -0.4 is 10.4 Å². The Balaban J connectivity index is 1.58. The summed E-state index contributed by atoms with van der Waals surface area (Å²) in [6, 6.07) is 18.8. The zero-order valence-electron chi connectivity index (χ0n) is 14.8. The van der Waals surface area contributed by atoms with Crippen molar-refractivity contribution < 1.29 is 14.0 Å². The van der Waals surface area contributed by atoms with Gasteiger partial charge in [-0.15, -0.1) is 0 Å². The number of furan rings is 1. The summed E-state index contributed by atoms with van der Waals surface area (Å²) < 4.78 is 6.60. The fraction of sp³-hybridized carbons (Fsp3) is 0.0476. The fourth-order valence-electron chi connectivity index (χ4n) is 2.68. The van der Waals surface area contributed by atoms with Crippen LogP contribution in [0.1, 0.15) is 11.3 Å². The normalized spacial score (nSPS) is 15.4. The predicted molar refractivity (Wildman–Crippen MR) is 112 cm³/mol. The smallest absolute Gasteiger partial charge is 0.282 e. The second-order valence-electron chi connectivity index (χ2n) is 6.17. The van der Waals surface area contributed by atoms with Crippen molar-refractivity contribution in [2.75, 3.05) is 5.01 Å². The molecule has 0 radical (unpaired) electrons. The summed E-state index contributed by atoms with van der Waals surface area (Å²) in [6.07, 6.45) is 1.46. The molecule has 7 heteroatoms. The molecule has 5 nitrogen and oxygen atoms in total. The number of amides is 2. The molecule has 0 unspecified atom stereocenters. The molecule has 3 aromatic rings. The lowest BCUT2D eigenvalue weighted by Crippen LogP contribution is -2.35. The van der Waals surface area contributed by atoms with E-state index >= 15 is 0 Å². The topological polar surface area (TPSA) is 62.6 Å².